The number of hydrogen-bond donors (Lipinski definition) is 1. The Morgan fingerprint density at radius 2 is 1.78 bits per heavy atom. The van der Waals surface area contributed by atoms with Gasteiger partial charge in [0.05, 0.1) is 21.8 Å². The van der Waals surface area contributed by atoms with Crippen LogP contribution < -0.4 is 10.0 Å². The average Bonchev–Trinajstić information content (AvgIpc) is 3.19. The van der Waals surface area contributed by atoms with Gasteiger partial charge in [0.25, 0.3) is 10.0 Å². The molecule has 188 valence electrons. The first-order valence-corrected chi connectivity index (χ1v) is 13.1. The lowest BCUT2D eigenvalue weighted by atomic mass is 10.2. The Labute approximate surface area is 219 Å². The summed E-state index contributed by atoms with van der Waals surface area (Å²) >= 11 is 12.1. The molecule has 0 radical (unpaired) electrons. The van der Waals surface area contributed by atoms with Crippen molar-refractivity contribution in [3.63, 3.8) is 0 Å². The van der Waals surface area contributed by atoms with Crippen LogP contribution in [0.5, 0.6) is 0 Å². The zero-order chi connectivity index (χ0) is 26.3. The van der Waals surface area contributed by atoms with Crippen LogP contribution in [0.2, 0.25) is 10.0 Å². The summed E-state index contributed by atoms with van der Waals surface area (Å²) in [6, 6.07) is 14.3. The van der Waals surface area contributed by atoms with Crippen molar-refractivity contribution < 1.29 is 17.9 Å². The molecule has 0 spiro atoms. The Kier molecular flexibility index (Phi) is 6.92. The summed E-state index contributed by atoms with van der Waals surface area (Å²) in [6.07, 6.45) is 3.42. The molecule has 8 nitrogen and oxygen atoms in total. The Balaban J connectivity index is 1.82. The van der Waals surface area contributed by atoms with Crippen molar-refractivity contribution >= 4 is 61.5 Å². The molecule has 11 heteroatoms. The lowest BCUT2D eigenvalue weighted by Crippen LogP contribution is -2.39. The van der Waals surface area contributed by atoms with Gasteiger partial charge in [0.15, 0.2) is 5.82 Å². The topological polar surface area (TPSA) is 108 Å². The third-order valence-electron chi connectivity index (χ3n) is 5.12. The van der Waals surface area contributed by atoms with Gasteiger partial charge in [-0.25, -0.2) is 13.4 Å². The minimum absolute atomic E-state index is 0.150. The molecule has 4 rings (SSSR count). The van der Waals surface area contributed by atoms with E-state index in [0.29, 0.717) is 16.9 Å². The highest BCUT2D eigenvalue weighted by Gasteiger charge is 2.30. The van der Waals surface area contributed by atoms with E-state index >= 15 is 0 Å². The predicted molar refractivity (Wildman–Crippen MR) is 142 cm³/mol. The van der Waals surface area contributed by atoms with E-state index in [9.17, 15) is 13.2 Å². The van der Waals surface area contributed by atoms with Gasteiger partial charge in [-0.15, -0.1) is 0 Å². The summed E-state index contributed by atoms with van der Waals surface area (Å²) < 4.78 is 35.6. The highest BCUT2D eigenvalue weighted by atomic mass is 35.5. The Morgan fingerprint density at radius 1 is 1.08 bits per heavy atom. The van der Waals surface area contributed by atoms with E-state index in [4.69, 9.17) is 33.7 Å². The van der Waals surface area contributed by atoms with Crippen molar-refractivity contribution in [3.8, 4) is 5.82 Å². The van der Waals surface area contributed by atoms with Crippen LogP contribution in [0.3, 0.4) is 0 Å². The molecule has 0 unspecified atom stereocenters. The number of nitrogens with two attached hydrogens (primary N) is 1. The third kappa shape index (κ3) is 5.43. The minimum Gasteiger partial charge on any atom is -0.459 e. The average molecular weight is 547 g/mol. The van der Waals surface area contributed by atoms with Crippen LogP contribution in [0, 0.1) is 0 Å². The van der Waals surface area contributed by atoms with Gasteiger partial charge >= 0.3 is 5.97 Å². The first kappa shape index (κ1) is 25.8. The quantitative estimate of drug-likeness (QED) is 0.322. The Hall–Kier alpha value is -3.27. The molecule has 0 aliphatic heterocycles. The second kappa shape index (κ2) is 9.65. The number of carbonyl (C=O) groups excluding carboxylic acids is 1. The lowest BCUT2D eigenvalue weighted by Gasteiger charge is -2.26. The summed E-state index contributed by atoms with van der Waals surface area (Å²) in [5, 5.41) is 1.02. The van der Waals surface area contributed by atoms with Gasteiger partial charge in [-0.1, -0.05) is 23.2 Å². The summed E-state index contributed by atoms with van der Waals surface area (Å²) in [4.78, 5) is 16.9. The number of fused-ring (bicyclic) bond motifs is 1. The van der Waals surface area contributed by atoms with E-state index < -0.39 is 28.1 Å². The van der Waals surface area contributed by atoms with Crippen LogP contribution >= 0.6 is 23.2 Å². The summed E-state index contributed by atoms with van der Waals surface area (Å²) in [5.74, 6) is -0.162. The first-order chi connectivity index (χ1) is 16.8. The van der Waals surface area contributed by atoms with Gasteiger partial charge in [0.1, 0.15) is 12.1 Å². The number of esters is 1. The maximum Gasteiger partial charge on any atom is 0.327 e. The Morgan fingerprint density at radius 3 is 2.42 bits per heavy atom. The molecule has 36 heavy (non-hydrogen) atoms. The molecule has 0 aliphatic carbocycles. The fourth-order valence-corrected chi connectivity index (χ4v) is 5.82. The number of aromatic nitrogens is 2. The van der Waals surface area contributed by atoms with Crippen molar-refractivity contribution in [2.24, 2.45) is 0 Å². The van der Waals surface area contributed by atoms with Gasteiger partial charge in [0.2, 0.25) is 0 Å². The predicted octanol–water partition coefficient (Wildman–Crippen LogP) is 5.45. The van der Waals surface area contributed by atoms with E-state index in [1.165, 1.54) is 18.2 Å². The summed E-state index contributed by atoms with van der Waals surface area (Å²) in [6.45, 7) is 4.57. The maximum atomic E-state index is 13.7. The molecular weight excluding hydrogens is 523 g/mol. The van der Waals surface area contributed by atoms with E-state index in [1.54, 1.807) is 68.1 Å². The van der Waals surface area contributed by atoms with Crippen LogP contribution in [0.4, 0.5) is 11.4 Å². The third-order valence-corrected chi connectivity index (χ3v) is 7.31. The van der Waals surface area contributed by atoms with Gasteiger partial charge in [-0.3, -0.25) is 13.7 Å². The summed E-state index contributed by atoms with van der Waals surface area (Å²) in [5.41, 5.74) is 6.80. The molecular formula is C25H24Cl2N4O4S. The number of anilines is 2. The van der Waals surface area contributed by atoms with Crippen molar-refractivity contribution in [2.45, 2.75) is 31.3 Å². The van der Waals surface area contributed by atoms with Crippen LogP contribution in [0.1, 0.15) is 20.8 Å². The van der Waals surface area contributed by atoms with Crippen molar-refractivity contribution in [3.05, 3.63) is 77.0 Å². The number of halogens is 2. The molecule has 4 aromatic rings. The zero-order valence-corrected chi connectivity index (χ0v) is 22.1. The fraction of sp³-hybridized carbons (Fsp3) is 0.200. The molecule has 0 saturated heterocycles. The second-order valence-electron chi connectivity index (χ2n) is 9.05. The van der Waals surface area contributed by atoms with E-state index in [-0.39, 0.29) is 20.6 Å². The zero-order valence-electron chi connectivity index (χ0n) is 19.8. The molecule has 0 amide bonds. The van der Waals surface area contributed by atoms with Gasteiger partial charge in [-0.2, -0.15) is 0 Å². The largest absolute Gasteiger partial charge is 0.459 e. The number of hydrogen-bond acceptors (Lipinski definition) is 6. The molecule has 0 fully saturated rings. The van der Waals surface area contributed by atoms with E-state index in [1.807, 2.05) is 6.07 Å². The lowest BCUT2D eigenvalue weighted by molar-refractivity contribution is -0.152. The summed E-state index contributed by atoms with van der Waals surface area (Å²) in [7, 11) is -4.25. The molecule has 2 aromatic heterocycles. The molecule has 2 N–H and O–H groups in total. The maximum absolute atomic E-state index is 13.7. The second-order valence-corrected chi connectivity index (χ2v) is 11.8. The Bertz CT molecular complexity index is 1540. The van der Waals surface area contributed by atoms with Gasteiger partial charge < -0.3 is 10.5 Å². The van der Waals surface area contributed by atoms with Crippen LogP contribution in [0.15, 0.2) is 71.9 Å². The van der Waals surface area contributed by atoms with Crippen molar-refractivity contribution in [1.29, 1.82) is 0 Å². The normalized spacial score (nSPS) is 12.0. The number of nitrogens with zero attached hydrogens (tertiary/aromatic N) is 3. The smallest absolute Gasteiger partial charge is 0.327 e. The molecule has 0 saturated carbocycles. The minimum atomic E-state index is -4.25. The monoisotopic (exact) mass is 546 g/mol. The van der Waals surface area contributed by atoms with E-state index in [2.05, 4.69) is 4.98 Å². The number of ether oxygens (including phenoxy) is 1. The van der Waals surface area contributed by atoms with Crippen LogP contribution in [-0.4, -0.2) is 36.1 Å². The SMILES string of the molecule is CC(C)(C)OC(=O)CN(c1ccc2c(ccn2-c2ncccc2N)c1)S(=O)(=O)c1cc(Cl)cc(Cl)c1. The number of sulfonamides is 1. The van der Waals surface area contributed by atoms with Crippen molar-refractivity contribution in [1.82, 2.24) is 9.55 Å². The molecule has 0 aliphatic rings. The van der Waals surface area contributed by atoms with E-state index in [0.717, 1.165) is 9.82 Å². The van der Waals surface area contributed by atoms with Gasteiger partial charge in [-0.05, 0) is 75.4 Å². The number of nitrogen functional groups attached to an aromatic ring is 1. The molecule has 0 atom stereocenters. The number of pyridine rings is 1. The number of benzene rings is 2. The number of carbonyl (C=O) groups is 1. The van der Waals surface area contributed by atoms with Gasteiger partial charge in [0, 0.05) is 27.8 Å². The van der Waals surface area contributed by atoms with Crippen LogP contribution in [0.25, 0.3) is 16.7 Å². The highest BCUT2D eigenvalue weighted by molar-refractivity contribution is 7.92. The molecule has 0 bridgehead atoms. The first-order valence-electron chi connectivity index (χ1n) is 10.9. The number of rotatable bonds is 6. The fourth-order valence-electron chi connectivity index (χ4n) is 3.69. The standard InChI is InChI=1S/C25H24Cl2N4O4S/c1-25(2,3)35-23(32)15-31(36(33,34)20-13-17(26)12-18(27)14-20)19-6-7-22-16(11-19)8-10-30(22)24-21(28)5-4-9-29-24/h4-14H,15,28H2,1-3H3. The highest BCUT2D eigenvalue weighted by Crippen LogP contribution is 2.32. The molecule has 2 aromatic carbocycles. The van der Waals surface area contributed by atoms with Crippen LogP contribution in [-0.2, 0) is 19.6 Å². The molecule has 2 heterocycles. The van der Waals surface area contributed by atoms with Crippen molar-refractivity contribution in [2.75, 3.05) is 16.6 Å².